The first kappa shape index (κ1) is 17.7. The molecule has 0 aromatic carbocycles. The van der Waals surface area contributed by atoms with Crippen molar-refractivity contribution in [2.45, 2.75) is 31.4 Å². The molecular weight excluding hydrogens is 284 g/mol. The topological polar surface area (TPSA) is 68.8 Å². The summed E-state index contributed by atoms with van der Waals surface area (Å²) in [6.45, 7) is 4.72. The number of morpholine rings is 1. The zero-order valence-corrected chi connectivity index (χ0v) is 12.6. The van der Waals surface area contributed by atoms with E-state index < -0.39 is 0 Å². The van der Waals surface area contributed by atoms with Gasteiger partial charge in [0.1, 0.15) is 6.04 Å². The zero-order valence-electron chi connectivity index (χ0n) is 11.8. The van der Waals surface area contributed by atoms with Crippen LogP contribution < -0.4 is 10.6 Å². The summed E-state index contributed by atoms with van der Waals surface area (Å²) in [6, 6.07) is -0.207. The molecular formula is C13H25ClN2O4. The number of hydrogen-bond acceptors (Lipinski definition) is 5. The van der Waals surface area contributed by atoms with Crippen LogP contribution in [0.15, 0.2) is 0 Å². The summed E-state index contributed by atoms with van der Waals surface area (Å²) < 4.78 is 16.2. The molecule has 2 saturated heterocycles. The Morgan fingerprint density at radius 1 is 1.40 bits per heavy atom. The molecule has 118 valence electrons. The largest absolute Gasteiger partial charge is 0.379 e. The van der Waals surface area contributed by atoms with Gasteiger partial charge in [-0.15, -0.1) is 12.4 Å². The summed E-state index contributed by atoms with van der Waals surface area (Å²) in [4.78, 5) is 11.7. The zero-order chi connectivity index (χ0) is 13.3. The number of carbonyl (C=O) groups is 1. The fraction of sp³-hybridized carbons (Fsp3) is 0.923. The predicted molar refractivity (Wildman–Crippen MR) is 77.3 cm³/mol. The molecule has 2 N–H and O–H groups in total. The highest BCUT2D eigenvalue weighted by molar-refractivity contribution is 5.85. The van der Waals surface area contributed by atoms with Crippen LogP contribution in [0.5, 0.6) is 0 Å². The first-order valence-corrected chi connectivity index (χ1v) is 7.14. The number of rotatable bonds is 7. The van der Waals surface area contributed by atoms with Gasteiger partial charge < -0.3 is 24.8 Å². The normalized spacial score (nSPS) is 26.0. The van der Waals surface area contributed by atoms with Crippen molar-refractivity contribution >= 4 is 18.3 Å². The summed E-state index contributed by atoms with van der Waals surface area (Å²) in [5, 5.41) is 6.01. The average molecular weight is 309 g/mol. The van der Waals surface area contributed by atoms with Crippen molar-refractivity contribution in [3.8, 4) is 0 Å². The molecule has 7 heteroatoms. The molecule has 2 heterocycles. The first-order chi connectivity index (χ1) is 9.36. The van der Waals surface area contributed by atoms with Gasteiger partial charge in [0, 0.05) is 26.3 Å². The summed E-state index contributed by atoms with van der Waals surface area (Å²) in [5.41, 5.74) is 0. The molecule has 2 aliphatic heterocycles. The molecule has 20 heavy (non-hydrogen) atoms. The molecule has 0 aliphatic carbocycles. The van der Waals surface area contributed by atoms with Gasteiger partial charge in [-0.05, 0) is 19.3 Å². The van der Waals surface area contributed by atoms with Gasteiger partial charge in [0.05, 0.1) is 25.9 Å². The molecule has 0 spiro atoms. The molecule has 0 radical (unpaired) electrons. The Balaban J connectivity index is 0.00000200. The van der Waals surface area contributed by atoms with Crippen LogP contribution >= 0.6 is 12.4 Å². The Kier molecular flexibility index (Phi) is 9.13. The number of halogens is 1. The highest BCUT2D eigenvalue weighted by atomic mass is 35.5. The van der Waals surface area contributed by atoms with E-state index in [1.807, 2.05) is 0 Å². The van der Waals surface area contributed by atoms with Gasteiger partial charge in [0.15, 0.2) is 0 Å². The fourth-order valence-corrected chi connectivity index (χ4v) is 2.23. The molecule has 0 aromatic rings. The Bertz CT molecular complexity index is 269. The molecule has 0 bridgehead atoms. The third kappa shape index (κ3) is 6.37. The minimum atomic E-state index is -0.207. The van der Waals surface area contributed by atoms with Crippen molar-refractivity contribution in [2.24, 2.45) is 0 Å². The van der Waals surface area contributed by atoms with Crippen molar-refractivity contribution in [3.05, 3.63) is 0 Å². The van der Waals surface area contributed by atoms with Crippen molar-refractivity contribution in [1.29, 1.82) is 0 Å². The van der Waals surface area contributed by atoms with Crippen LogP contribution in [0.4, 0.5) is 0 Å². The Morgan fingerprint density at radius 3 is 3.00 bits per heavy atom. The Morgan fingerprint density at radius 2 is 2.30 bits per heavy atom. The smallest absolute Gasteiger partial charge is 0.239 e. The van der Waals surface area contributed by atoms with Gasteiger partial charge in [0.2, 0.25) is 5.91 Å². The fourth-order valence-electron chi connectivity index (χ4n) is 2.23. The van der Waals surface area contributed by atoms with Crippen molar-refractivity contribution < 1.29 is 19.0 Å². The highest BCUT2D eigenvalue weighted by Gasteiger charge is 2.20. The van der Waals surface area contributed by atoms with Crippen LogP contribution in [-0.4, -0.2) is 64.2 Å². The summed E-state index contributed by atoms with van der Waals surface area (Å²) >= 11 is 0. The summed E-state index contributed by atoms with van der Waals surface area (Å²) in [5.74, 6) is 0.0128. The number of nitrogens with one attached hydrogen (secondary N) is 2. The van der Waals surface area contributed by atoms with Gasteiger partial charge in [0.25, 0.3) is 0 Å². The second-order valence-electron chi connectivity index (χ2n) is 4.94. The van der Waals surface area contributed by atoms with E-state index in [0.29, 0.717) is 33.0 Å². The molecule has 2 rings (SSSR count). The first-order valence-electron chi connectivity index (χ1n) is 7.14. The Hall–Kier alpha value is -0.400. The Labute approximate surface area is 126 Å². The summed E-state index contributed by atoms with van der Waals surface area (Å²) in [7, 11) is 0. The molecule has 2 fully saturated rings. The molecule has 2 atom stereocenters. The third-order valence-corrected chi connectivity index (χ3v) is 3.33. The van der Waals surface area contributed by atoms with Crippen LogP contribution in [0.1, 0.15) is 19.3 Å². The van der Waals surface area contributed by atoms with E-state index in [-0.39, 0.29) is 30.5 Å². The molecule has 2 unspecified atom stereocenters. The molecule has 0 aromatic heterocycles. The number of ether oxygens (including phenoxy) is 3. The standard InChI is InChI=1S/C13H24N2O4.ClH/c16-13(12-10-18-8-5-14-12)15-4-2-6-17-9-11-3-1-7-19-11;/h11-12,14H,1-10H2,(H,15,16);1H. The van der Waals surface area contributed by atoms with E-state index in [0.717, 1.165) is 32.4 Å². The SMILES string of the molecule is Cl.O=C(NCCCOCC1CCCO1)C1COCCN1. The maximum Gasteiger partial charge on any atom is 0.239 e. The van der Waals surface area contributed by atoms with Crippen LogP contribution in [0.3, 0.4) is 0 Å². The van der Waals surface area contributed by atoms with E-state index >= 15 is 0 Å². The van der Waals surface area contributed by atoms with E-state index in [9.17, 15) is 4.79 Å². The van der Waals surface area contributed by atoms with E-state index in [1.54, 1.807) is 0 Å². The van der Waals surface area contributed by atoms with Gasteiger partial charge >= 0.3 is 0 Å². The van der Waals surface area contributed by atoms with Crippen LogP contribution in [-0.2, 0) is 19.0 Å². The quantitative estimate of drug-likeness (QED) is 0.653. The average Bonchev–Trinajstić information content (AvgIpc) is 2.96. The van der Waals surface area contributed by atoms with Gasteiger partial charge in [-0.2, -0.15) is 0 Å². The van der Waals surface area contributed by atoms with E-state index in [4.69, 9.17) is 14.2 Å². The highest BCUT2D eigenvalue weighted by Crippen LogP contribution is 2.11. The third-order valence-electron chi connectivity index (χ3n) is 3.33. The lowest BCUT2D eigenvalue weighted by molar-refractivity contribution is -0.125. The van der Waals surface area contributed by atoms with E-state index in [2.05, 4.69) is 10.6 Å². The molecule has 6 nitrogen and oxygen atoms in total. The van der Waals surface area contributed by atoms with Gasteiger partial charge in [-0.3, -0.25) is 4.79 Å². The maximum atomic E-state index is 11.7. The molecule has 0 saturated carbocycles. The minimum absolute atomic E-state index is 0. The van der Waals surface area contributed by atoms with Crippen LogP contribution in [0, 0.1) is 0 Å². The lowest BCUT2D eigenvalue weighted by Gasteiger charge is -2.22. The minimum Gasteiger partial charge on any atom is -0.379 e. The van der Waals surface area contributed by atoms with Crippen molar-refractivity contribution in [3.63, 3.8) is 0 Å². The molecule has 2 aliphatic rings. The van der Waals surface area contributed by atoms with Crippen LogP contribution in [0.25, 0.3) is 0 Å². The van der Waals surface area contributed by atoms with Crippen LogP contribution in [0.2, 0.25) is 0 Å². The molecule has 1 amide bonds. The number of hydrogen-bond donors (Lipinski definition) is 2. The number of carbonyl (C=O) groups excluding carboxylic acids is 1. The lowest BCUT2D eigenvalue weighted by atomic mass is 10.2. The lowest BCUT2D eigenvalue weighted by Crippen LogP contribution is -2.51. The summed E-state index contributed by atoms with van der Waals surface area (Å²) in [6.07, 6.45) is 3.34. The maximum absolute atomic E-state index is 11.7. The van der Waals surface area contributed by atoms with Crippen molar-refractivity contribution in [2.75, 3.05) is 46.1 Å². The predicted octanol–water partition coefficient (Wildman–Crippen LogP) is 0.0985. The second-order valence-corrected chi connectivity index (χ2v) is 4.94. The monoisotopic (exact) mass is 308 g/mol. The van der Waals surface area contributed by atoms with Crippen molar-refractivity contribution in [1.82, 2.24) is 10.6 Å². The van der Waals surface area contributed by atoms with Gasteiger partial charge in [-0.1, -0.05) is 0 Å². The van der Waals surface area contributed by atoms with Gasteiger partial charge in [-0.25, -0.2) is 0 Å². The number of amides is 1. The second kappa shape index (κ2) is 10.3. The van der Waals surface area contributed by atoms with E-state index in [1.165, 1.54) is 0 Å².